The van der Waals surface area contributed by atoms with Gasteiger partial charge in [-0.3, -0.25) is 19.5 Å². The van der Waals surface area contributed by atoms with E-state index in [4.69, 9.17) is 0 Å². The Hall–Kier alpha value is -3.73. The number of fused-ring (bicyclic) bond motifs is 1. The molecular formula is C24H19N3O2. The normalized spacial score (nSPS) is 16.0. The van der Waals surface area contributed by atoms with E-state index in [0.717, 1.165) is 23.2 Å². The molecule has 0 radical (unpaired) electrons. The van der Waals surface area contributed by atoms with Crippen LogP contribution in [0.3, 0.4) is 0 Å². The molecule has 2 aromatic carbocycles. The van der Waals surface area contributed by atoms with Crippen molar-refractivity contribution in [3.63, 3.8) is 0 Å². The van der Waals surface area contributed by atoms with E-state index in [2.05, 4.69) is 11.1 Å². The number of benzene rings is 2. The Morgan fingerprint density at radius 2 is 1.66 bits per heavy atom. The van der Waals surface area contributed by atoms with Crippen molar-refractivity contribution < 1.29 is 9.59 Å². The quantitative estimate of drug-likeness (QED) is 0.650. The van der Waals surface area contributed by atoms with Crippen LogP contribution in [0.2, 0.25) is 0 Å². The highest BCUT2D eigenvalue weighted by Gasteiger charge is 2.43. The van der Waals surface area contributed by atoms with Gasteiger partial charge < -0.3 is 4.90 Å². The zero-order valence-electron chi connectivity index (χ0n) is 15.8. The summed E-state index contributed by atoms with van der Waals surface area (Å²) in [5.74, 6) is -0.515. The number of imide groups is 1. The fourth-order valence-corrected chi connectivity index (χ4v) is 4.07. The highest BCUT2D eigenvalue weighted by atomic mass is 16.2. The van der Waals surface area contributed by atoms with Gasteiger partial charge in [-0.05, 0) is 35.2 Å². The van der Waals surface area contributed by atoms with Crippen molar-refractivity contribution in [2.45, 2.75) is 13.0 Å². The minimum atomic E-state index is -0.260. The van der Waals surface area contributed by atoms with E-state index in [0.29, 0.717) is 17.8 Å². The van der Waals surface area contributed by atoms with E-state index in [1.165, 1.54) is 10.5 Å². The van der Waals surface area contributed by atoms with Gasteiger partial charge in [-0.25, -0.2) is 0 Å². The molecule has 0 bridgehead atoms. The molecule has 0 saturated carbocycles. The number of hydrogen-bond acceptors (Lipinski definition) is 4. The van der Waals surface area contributed by atoms with Crippen LogP contribution in [0, 0.1) is 0 Å². The number of rotatable bonds is 4. The summed E-state index contributed by atoms with van der Waals surface area (Å²) < 4.78 is 0. The summed E-state index contributed by atoms with van der Waals surface area (Å²) in [6.07, 6.45) is 4.22. The lowest BCUT2D eigenvalue weighted by Gasteiger charge is -2.21. The van der Waals surface area contributed by atoms with Gasteiger partial charge in [0.2, 0.25) is 0 Å². The van der Waals surface area contributed by atoms with Gasteiger partial charge in [0, 0.05) is 24.6 Å². The van der Waals surface area contributed by atoms with Crippen molar-refractivity contribution in [2.75, 3.05) is 11.4 Å². The van der Waals surface area contributed by atoms with Crippen LogP contribution in [0.1, 0.15) is 16.7 Å². The first-order chi connectivity index (χ1) is 14.2. The number of aromatic nitrogens is 1. The topological polar surface area (TPSA) is 53.5 Å². The standard InChI is InChI=1S/C24H19N3O2/c28-23-21(19-9-2-1-3-10-19)22(26-14-12-18-8-4-5-11-20(18)26)24(29)27(23)16-17-7-6-13-25-15-17/h1-11,13,15H,12,14,16H2. The van der Waals surface area contributed by atoms with Crippen LogP contribution >= 0.6 is 0 Å². The van der Waals surface area contributed by atoms with Crippen LogP contribution in [-0.4, -0.2) is 28.2 Å². The number of anilines is 1. The van der Waals surface area contributed by atoms with Gasteiger partial charge in [-0.2, -0.15) is 0 Å². The number of hydrogen-bond donors (Lipinski definition) is 0. The van der Waals surface area contributed by atoms with Crippen molar-refractivity contribution in [2.24, 2.45) is 0 Å². The van der Waals surface area contributed by atoms with Crippen LogP contribution in [0.4, 0.5) is 5.69 Å². The summed E-state index contributed by atoms with van der Waals surface area (Å²) in [5.41, 5.74) is 4.72. The molecule has 142 valence electrons. The molecule has 5 nitrogen and oxygen atoms in total. The first-order valence-corrected chi connectivity index (χ1v) is 9.64. The second-order valence-electron chi connectivity index (χ2n) is 7.18. The second-order valence-corrected chi connectivity index (χ2v) is 7.18. The number of carbonyl (C=O) groups is 2. The van der Waals surface area contributed by atoms with E-state index < -0.39 is 0 Å². The molecule has 2 aliphatic heterocycles. The summed E-state index contributed by atoms with van der Waals surface area (Å²) >= 11 is 0. The predicted molar refractivity (Wildman–Crippen MR) is 111 cm³/mol. The molecule has 2 amide bonds. The molecule has 29 heavy (non-hydrogen) atoms. The zero-order valence-corrected chi connectivity index (χ0v) is 15.8. The van der Waals surface area contributed by atoms with E-state index in [-0.39, 0.29) is 18.4 Å². The fourth-order valence-electron chi connectivity index (χ4n) is 4.07. The van der Waals surface area contributed by atoms with Crippen LogP contribution < -0.4 is 4.90 Å². The van der Waals surface area contributed by atoms with E-state index >= 15 is 0 Å². The summed E-state index contributed by atoms with van der Waals surface area (Å²) in [7, 11) is 0. The Balaban J connectivity index is 1.61. The van der Waals surface area contributed by atoms with Crippen molar-refractivity contribution in [1.82, 2.24) is 9.88 Å². The summed E-state index contributed by atoms with van der Waals surface area (Å²) in [4.78, 5) is 34.3. The molecule has 0 aliphatic carbocycles. The molecule has 0 unspecified atom stereocenters. The van der Waals surface area contributed by atoms with Gasteiger partial charge in [-0.15, -0.1) is 0 Å². The maximum Gasteiger partial charge on any atom is 0.278 e. The number of amides is 2. The van der Waals surface area contributed by atoms with Gasteiger partial charge in [-0.1, -0.05) is 54.6 Å². The highest BCUT2D eigenvalue weighted by Crippen LogP contribution is 2.38. The van der Waals surface area contributed by atoms with Crippen LogP contribution in [0.5, 0.6) is 0 Å². The number of carbonyl (C=O) groups excluding carboxylic acids is 2. The van der Waals surface area contributed by atoms with Crippen LogP contribution in [-0.2, 0) is 22.6 Å². The fraction of sp³-hybridized carbons (Fsp3) is 0.125. The lowest BCUT2D eigenvalue weighted by Crippen LogP contribution is -2.34. The largest absolute Gasteiger partial charge is 0.336 e. The number of nitrogens with zero attached hydrogens (tertiary/aromatic N) is 3. The molecule has 0 atom stereocenters. The summed E-state index contributed by atoms with van der Waals surface area (Å²) in [6, 6.07) is 21.2. The minimum Gasteiger partial charge on any atom is -0.336 e. The molecule has 5 rings (SSSR count). The van der Waals surface area contributed by atoms with E-state index in [1.807, 2.05) is 65.6 Å². The Bertz CT molecular complexity index is 1120. The Labute approximate surface area is 168 Å². The molecular weight excluding hydrogens is 362 g/mol. The lowest BCUT2D eigenvalue weighted by atomic mass is 10.0. The molecule has 2 aliphatic rings. The Morgan fingerprint density at radius 3 is 2.45 bits per heavy atom. The molecule has 1 aromatic heterocycles. The molecule has 3 heterocycles. The minimum absolute atomic E-state index is 0.209. The highest BCUT2D eigenvalue weighted by molar-refractivity contribution is 6.36. The van der Waals surface area contributed by atoms with Gasteiger partial charge in [0.15, 0.2) is 0 Å². The van der Waals surface area contributed by atoms with Crippen molar-refractivity contribution >= 4 is 23.1 Å². The third-order valence-electron chi connectivity index (χ3n) is 5.43. The monoisotopic (exact) mass is 381 g/mol. The van der Waals surface area contributed by atoms with E-state index in [1.54, 1.807) is 12.4 Å². The number of pyridine rings is 1. The maximum atomic E-state index is 13.5. The Kier molecular flexibility index (Phi) is 4.21. The maximum absolute atomic E-state index is 13.5. The molecule has 5 heteroatoms. The number of para-hydroxylation sites is 1. The summed E-state index contributed by atoms with van der Waals surface area (Å²) in [5, 5.41) is 0. The van der Waals surface area contributed by atoms with Crippen molar-refractivity contribution in [1.29, 1.82) is 0 Å². The molecule has 0 saturated heterocycles. The van der Waals surface area contributed by atoms with Crippen molar-refractivity contribution in [3.05, 3.63) is 102 Å². The third-order valence-corrected chi connectivity index (χ3v) is 5.43. The Morgan fingerprint density at radius 1 is 0.862 bits per heavy atom. The average molecular weight is 381 g/mol. The smallest absolute Gasteiger partial charge is 0.278 e. The molecule has 3 aromatic rings. The first-order valence-electron chi connectivity index (χ1n) is 9.64. The van der Waals surface area contributed by atoms with Gasteiger partial charge in [0.1, 0.15) is 5.70 Å². The lowest BCUT2D eigenvalue weighted by molar-refractivity contribution is -0.137. The first kappa shape index (κ1) is 17.4. The average Bonchev–Trinajstić information content (AvgIpc) is 3.29. The van der Waals surface area contributed by atoms with Gasteiger partial charge in [0.05, 0.1) is 12.1 Å². The summed E-state index contributed by atoms with van der Waals surface area (Å²) in [6.45, 7) is 0.894. The van der Waals surface area contributed by atoms with E-state index in [9.17, 15) is 9.59 Å². The van der Waals surface area contributed by atoms with Crippen molar-refractivity contribution in [3.8, 4) is 0 Å². The molecule has 0 N–H and O–H groups in total. The van der Waals surface area contributed by atoms with Gasteiger partial charge in [0.25, 0.3) is 11.8 Å². The zero-order chi connectivity index (χ0) is 19.8. The van der Waals surface area contributed by atoms with Crippen LogP contribution in [0.15, 0.2) is 84.8 Å². The molecule has 0 spiro atoms. The SMILES string of the molecule is O=C1C(c2ccccc2)=C(N2CCc3ccccc32)C(=O)N1Cc1cccnc1. The predicted octanol–water partition coefficient (Wildman–Crippen LogP) is 3.42. The van der Waals surface area contributed by atoms with Crippen LogP contribution in [0.25, 0.3) is 5.57 Å². The second kappa shape index (κ2) is 7.02. The van der Waals surface area contributed by atoms with Gasteiger partial charge >= 0.3 is 0 Å². The molecule has 0 fully saturated rings. The third kappa shape index (κ3) is 2.91.